The molecule has 0 spiro atoms. The Kier molecular flexibility index (Phi) is 7.77. The molecule has 39 heavy (non-hydrogen) atoms. The SMILES string of the molecule is C[C@@H](CC(=O)Cn1cnnn1)[C@H]1C(=O)N2C(C(=O)O)=C(S[C@@H]3CNC(C(=O)N4CC(N)C(CO)C4)C3)[C@H](C)[C@H]12. The van der Waals surface area contributed by atoms with E-state index in [1.165, 1.54) is 27.7 Å². The smallest absolute Gasteiger partial charge is 0.353 e. The topological polar surface area (TPSA) is 197 Å². The summed E-state index contributed by atoms with van der Waals surface area (Å²) in [6.07, 6.45) is 2.03. The number of carboxylic acids is 1. The molecule has 4 aliphatic heterocycles. The zero-order valence-electron chi connectivity index (χ0n) is 21.8. The van der Waals surface area contributed by atoms with E-state index in [4.69, 9.17) is 5.73 Å². The van der Waals surface area contributed by atoms with Crippen molar-refractivity contribution >= 4 is 35.3 Å². The number of amides is 2. The van der Waals surface area contributed by atoms with E-state index in [1.807, 2.05) is 13.8 Å². The van der Waals surface area contributed by atoms with E-state index < -0.39 is 17.9 Å². The van der Waals surface area contributed by atoms with Crippen LogP contribution in [0, 0.1) is 23.7 Å². The third-order valence-corrected chi connectivity index (χ3v) is 9.92. The Morgan fingerprint density at radius 1 is 1.31 bits per heavy atom. The van der Waals surface area contributed by atoms with Crippen molar-refractivity contribution in [3.8, 4) is 0 Å². The molecule has 5 N–H and O–H groups in total. The summed E-state index contributed by atoms with van der Waals surface area (Å²) in [5.74, 6) is -2.66. The van der Waals surface area contributed by atoms with Gasteiger partial charge in [-0.15, -0.1) is 16.9 Å². The number of carbonyl (C=O) groups excluding carboxylic acids is 3. The van der Waals surface area contributed by atoms with Crippen molar-refractivity contribution in [2.75, 3.05) is 26.2 Å². The third-order valence-electron chi connectivity index (χ3n) is 8.40. The number of aliphatic carboxylic acids is 1. The van der Waals surface area contributed by atoms with Gasteiger partial charge in [0.2, 0.25) is 11.8 Å². The van der Waals surface area contributed by atoms with Gasteiger partial charge in [-0.05, 0) is 22.8 Å². The number of thioether (sulfide) groups is 1. The van der Waals surface area contributed by atoms with Gasteiger partial charge in [0, 0.05) is 60.7 Å². The molecule has 0 saturated carbocycles. The molecule has 212 valence electrons. The van der Waals surface area contributed by atoms with E-state index >= 15 is 0 Å². The molecule has 14 nitrogen and oxygen atoms in total. The summed E-state index contributed by atoms with van der Waals surface area (Å²) in [6, 6.07) is -0.981. The molecule has 8 atom stereocenters. The highest BCUT2D eigenvalue weighted by atomic mass is 32.2. The predicted octanol–water partition coefficient (Wildman–Crippen LogP) is -1.72. The number of nitrogens with zero attached hydrogens (tertiary/aromatic N) is 6. The molecule has 3 unspecified atom stereocenters. The minimum atomic E-state index is -1.15. The first kappa shape index (κ1) is 27.7. The van der Waals surface area contributed by atoms with Crippen molar-refractivity contribution in [2.45, 2.75) is 56.6 Å². The van der Waals surface area contributed by atoms with Crippen LogP contribution < -0.4 is 11.1 Å². The van der Waals surface area contributed by atoms with Crippen LogP contribution in [0.4, 0.5) is 0 Å². The largest absolute Gasteiger partial charge is 0.477 e. The summed E-state index contributed by atoms with van der Waals surface area (Å²) < 4.78 is 1.33. The second kappa shape index (κ2) is 10.9. The molecule has 0 aromatic carbocycles. The fourth-order valence-electron chi connectivity index (χ4n) is 6.40. The number of tetrazole rings is 1. The average Bonchev–Trinajstić information content (AvgIpc) is 3.67. The van der Waals surface area contributed by atoms with Gasteiger partial charge in [0.15, 0.2) is 5.78 Å². The van der Waals surface area contributed by atoms with Crippen LogP contribution in [0.5, 0.6) is 0 Å². The molecule has 3 saturated heterocycles. The lowest BCUT2D eigenvalue weighted by Gasteiger charge is -2.47. The minimum Gasteiger partial charge on any atom is -0.477 e. The predicted molar refractivity (Wildman–Crippen MR) is 137 cm³/mol. The van der Waals surface area contributed by atoms with Crippen LogP contribution in [0.1, 0.15) is 26.7 Å². The molecule has 0 radical (unpaired) electrons. The van der Waals surface area contributed by atoms with Gasteiger partial charge in [0.05, 0.1) is 18.0 Å². The lowest BCUT2D eigenvalue weighted by atomic mass is 9.73. The molecular formula is C24H34N8O6S. The highest BCUT2D eigenvalue weighted by Crippen LogP contribution is 2.53. The number of likely N-dealkylation sites (tertiary alicyclic amines) is 1. The number of nitrogens with one attached hydrogen (secondary N) is 1. The summed E-state index contributed by atoms with van der Waals surface area (Å²) in [6.45, 7) is 5.08. The molecule has 5 heterocycles. The number of aliphatic hydroxyl groups is 1. The standard InChI is InChI=1S/C24H34N8O6S/c1-11(3-14(34)7-31-10-27-28-29-31)18-19-12(2)21(20(24(37)38)32(19)23(18)36)39-15-4-17(26-5-15)22(35)30-6-13(9-33)16(25)8-30/h10-13,15-19,26,33H,3-9,25H2,1-2H3,(H,37,38)/t11-,12+,13?,15-,16?,17?,18+,19+/m0/s1. The average molecular weight is 563 g/mol. The zero-order chi connectivity index (χ0) is 28.0. The number of fused-ring (bicyclic) bond motifs is 1. The molecule has 1 aromatic heterocycles. The molecule has 5 rings (SSSR count). The molecule has 0 aliphatic carbocycles. The first-order chi connectivity index (χ1) is 18.6. The van der Waals surface area contributed by atoms with Crippen molar-refractivity contribution in [1.29, 1.82) is 0 Å². The summed E-state index contributed by atoms with van der Waals surface area (Å²) >= 11 is 1.42. The maximum atomic E-state index is 13.2. The number of β-lactam (4-membered cyclic amide) rings is 1. The monoisotopic (exact) mass is 562 g/mol. The van der Waals surface area contributed by atoms with E-state index in [-0.39, 0.29) is 78.0 Å². The maximum absolute atomic E-state index is 13.2. The van der Waals surface area contributed by atoms with Gasteiger partial charge in [-0.25, -0.2) is 9.48 Å². The molecule has 4 aliphatic rings. The lowest BCUT2D eigenvalue weighted by molar-refractivity contribution is -0.160. The van der Waals surface area contributed by atoms with Crippen LogP contribution >= 0.6 is 11.8 Å². The Morgan fingerprint density at radius 2 is 2.08 bits per heavy atom. The van der Waals surface area contributed by atoms with Gasteiger partial charge in [0.25, 0.3) is 0 Å². The number of hydrogen-bond donors (Lipinski definition) is 4. The number of rotatable bonds is 10. The number of Topliss-reactive ketones (excluding diaryl/α,β-unsaturated/α-hetero) is 1. The van der Waals surface area contributed by atoms with Gasteiger partial charge in [-0.3, -0.25) is 14.4 Å². The van der Waals surface area contributed by atoms with Crippen molar-refractivity contribution in [2.24, 2.45) is 29.4 Å². The number of carbonyl (C=O) groups is 4. The number of aliphatic hydroxyl groups excluding tert-OH is 1. The van der Waals surface area contributed by atoms with Gasteiger partial charge < -0.3 is 31.1 Å². The zero-order valence-corrected chi connectivity index (χ0v) is 22.7. The third kappa shape index (κ3) is 5.08. The lowest BCUT2D eigenvalue weighted by Crippen LogP contribution is -2.62. The van der Waals surface area contributed by atoms with Gasteiger partial charge >= 0.3 is 5.97 Å². The van der Waals surface area contributed by atoms with Gasteiger partial charge in [-0.1, -0.05) is 13.8 Å². The van der Waals surface area contributed by atoms with Crippen molar-refractivity contribution < 1.29 is 29.4 Å². The maximum Gasteiger partial charge on any atom is 0.353 e. The Hall–Kier alpha value is -2.88. The second-order valence-corrected chi connectivity index (χ2v) is 12.4. The summed E-state index contributed by atoms with van der Waals surface area (Å²) in [5.41, 5.74) is 6.05. The van der Waals surface area contributed by atoms with E-state index in [1.54, 1.807) is 4.90 Å². The fourth-order valence-corrected chi connectivity index (χ4v) is 7.88. The Labute approximate surface area is 229 Å². The highest BCUT2D eigenvalue weighted by molar-refractivity contribution is 8.03. The molecule has 0 bridgehead atoms. The number of aromatic nitrogens is 4. The minimum absolute atomic E-state index is 0.0112. The summed E-state index contributed by atoms with van der Waals surface area (Å²) in [5, 5.41) is 33.5. The fraction of sp³-hybridized carbons (Fsp3) is 0.708. The molecular weight excluding hydrogens is 528 g/mol. The first-order valence-electron chi connectivity index (χ1n) is 13.2. The summed E-state index contributed by atoms with van der Waals surface area (Å²) in [4.78, 5) is 54.8. The Morgan fingerprint density at radius 3 is 2.72 bits per heavy atom. The first-order valence-corrected chi connectivity index (χ1v) is 14.1. The van der Waals surface area contributed by atoms with Crippen molar-refractivity contribution in [1.82, 2.24) is 35.3 Å². The number of nitrogens with two attached hydrogens (primary N) is 1. The van der Waals surface area contributed by atoms with Crippen LogP contribution in [0.25, 0.3) is 0 Å². The van der Waals surface area contributed by atoms with Crippen molar-refractivity contribution in [3.05, 3.63) is 16.9 Å². The Bertz CT molecular complexity index is 1180. The van der Waals surface area contributed by atoms with E-state index in [0.717, 1.165) is 0 Å². The molecule has 1 aromatic rings. The number of carboxylic acid groups (broad SMARTS) is 1. The van der Waals surface area contributed by atoms with Crippen LogP contribution in [-0.2, 0) is 25.7 Å². The highest BCUT2D eigenvalue weighted by Gasteiger charge is 2.60. The van der Waals surface area contributed by atoms with Crippen molar-refractivity contribution in [3.63, 3.8) is 0 Å². The quantitative estimate of drug-likeness (QED) is 0.236. The van der Waals surface area contributed by atoms with Gasteiger partial charge in [0.1, 0.15) is 18.6 Å². The summed E-state index contributed by atoms with van der Waals surface area (Å²) in [7, 11) is 0. The molecule has 15 heteroatoms. The van der Waals surface area contributed by atoms with E-state index in [0.29, 0.717) is 31.0 Å². The van der Waals surface area contributed by atoms with Crippen LogP contribution in [0.2, 0.25) is 0 Å². The van der Waals surface area contributed by atoms with E-state index in [2.05, 4.69) is 20.8 Å². The molecule has 3 fully saturated rings. The Balaban J connectivity index is 1.22. The normalized spacial score (nSPS) is 32.9. The van der Waals surface area contributed by atoms with Crippen LogP contribution in [0.3, 0.4) is 0 Å². The molecule has 2 amide bonds. The van der Waals surface area contributed by atoms with Crippen LogP contribution in [0.15, 0.2) is 16.9 Å². The number of hydrogen-bond acceptors (Lipinski definition) is 11. The van der Waals surface area contributed by atoms with Gasteiger partial charge in [-0.2, -0.15) is 0 Å². The second-order valence-electron chi connectivity index (χ2n) is 11.0. The van der Waals surface area contributed by atoms with E-state index in [9.17, 15) is 29.4 Å². The van der Waals surface area contributed by atoms with Crippen LogP contribution in [-0.4, -0.2) is 113 Å². The number of ketones is 1.